The molecule has 0 amide bonds. The van der Waals surface area contributed by atoms with Crippen molar-refractivity contribution in [3.8, 4) is 5.75 Å². The Hall–Kier alpha value is -0.740. The zero-order valence-corrected chi connectivity index (χ0v) is 13.1. The van der Waals surface area contributed by atoms with Gasteiger partial charge in [-0.25, -0.2) is 4.39 Å². The molecule has 1 fully saturated rings. The Labute approximate surface area is 125 Å². The Balaban J connectivity index is 1.88. The van der Waals surface area contributed by atoms with Crippen LogP contribution in [0.1, 0.15) is 44.2 Å². The minimum absolute atomic E-state index is 0.113. The summed E-state index contributed by atoms with van der Waals surface area (Å²) < 4.78 is 18.6. The topological polar surface area (TPSA) is 35.2 Å². The molecule has 4 heteroatoms. The van der Waals surface area contributed by atoms with Crippen LogP contribution in [0.5, 0.6) is 5.75 Å². The van der Waals surface area contributed by atoms with Gasteiger partial charge in [0.05, 0.1) is 7.11 Å². The van der Waals surface area contributed by atoms with Gasteiger partial charge in [0.2, 0.25) is 0 Å². The Morgan fingerprint density at radius 2 is 2.25 bits per heavy atom. The smallest absolute Gasteiger partial charge is 0.165 e. The number of hydrogen-bond donors (Lipinski definition) is 1. The molecule has 0 bridgehead atoms. The van der Waals surface area contributed by atoms with E-state index >= 15 is 0 Å². The molecule has 1 aromatic rings. The zero-order chi connectivity index (χ0) is 14.5. The number of ether oxygens (including phenoxy) is 1. The Morgan fingerprint density at radius 3 is 2.90 bits per heavy atom. The van der Waals surface area contributed by atoms with Crippen LogP contribution in [-0.2, 0) is 0 Å². The molecule has 112 valence electrons. The fourth-order valence-corrected chi connectivity index (χ4v) is 4.25. The quantitative estimate of drug-likeness (QED) is 0.887. The number of hydrogen-bond acceptors (Lipinski definition) is 3. The first-order valence-corrected chi connectivity index (χ1v) is 8.35. The predicted molar refractivity (Wildman–Crippen MR) is 83.8 cm³/mol. The van der Waals surface area contributed by atoms with Crippen LogP contribution in [-0.4, -0.2) is 18.1 Å². The normalized spacial score (nSPS) is 24.4. The highest BCUT2D eigenvalue weighted by atomic mass is 32.2. The molecule has 0 saturated heterocycles. The highest BCUT2D eigenvalue weighted by Crippen LogP contribution is 2.33. The number of benzene rings is 1. The van der Waals surface area contributed by atoms with Crippen molar-refractivity contribution in [3.63, 3.8) is 0 Å². The van der Waals surface area contributed by atoms with Crippen LogP contribution in [0, 0.1) is 11.7 Å². The molecular weight excluding hydrogens is 273 g/mol. The third-order valence-corrected chi connectivity index (χ3v) is 5.45. The number of methoxy groups -OCH3 is 1. The average molecular weight is 297 g/mol. The molecule has 0 aromatic heterocycles. The summed E-state index contributed by atoms with van der Waals surface area (Å²) in [5.41, 5.74) is 7.03. The van der Waals surface area contributed by atoms with E-state index in [1.165, 1.54) is 38.9 Å². The van der Waals surface area contributed by atoms with E-state index in [-0.39, 0.29) is 17.6 Å². The molecule has 0 heterocycles. The largest absolute Gasteiger partial charge is 0.494 e. The van der Waals surface area contributed by atoms with Crippen LogP contribution in [0.4, 0.5) is 4.39 Å². The number of rotatable bonds is 5. The van der Waals surface area contributed by atoms with Crippen molar-refractivity contribution < 1.29 is 9.13 Å². The Morgan fingerprint density at radius 1 is 1.45 bits per heavy atom. The summed E-state index contributed by atoms with van der Waals surface area (Å²) in [6, 6.07) is 4.89. The highest BCUT2D eigenvalue weighted by molar-refractivity contribution is 7.99. The van der Waals surface area contributed by atoms with Crippen molar-refractivity contribution in [1.29, 1.82) is 0 Å². The lowest BCUT2D eigenvalue weighted by atomic mass is 9.91. The van der Waals surface area contributed by atoms with Crippen LogP contribution in [0.25, 0.3) is 0 Å². The van der Waals surface area contributed by atoms with Gasteiger partial charge in [-0.2, -0.15) is 11.8 Å². The van der Waals surface area contributed by atoms with E-state index in [0.29, 0.717) is 5.25 Å². The van der Waals surface area contributed by atoms with Gasteiger partial charge in [-0.15, -0.1) is 0 Å². The summed E-state index contributed by atoms with van der Waals surface area (Å²) in [6.07, 6.45) is 5.26. The molecule has 2 rings (SSSR count). The summed E-state index contributed by atoms with van der Waals surface area (Å²) in [6.45, 7) is 2.32. The van der Waals surface area contributed by atoms with Crippen LogP contribution in [0.15, 0.2) is 18.2 Å². The van der Waals surface area contributed by atoms with Gasteiger partial charge in [-0.1, -0.05) is 25.8 Å². The second kappa shape index (κ2) is 7.32. The maximum atomic E-state index is 13.7. The molecule has 3 atom stereocenters. The van der Waals surface area contributed by atoms with E-state index in [9.17, 15) is 4.39 Å². The van der Waals surface area contributed by atoms with E-state index in [1.54, 1.807) is 6.07 Å². The van der Waals surface area contributed by atoms with Gasteiger partial charge >= 0.3 is 0 Å². The van der Waals surface area contributed by atoms with E-state index in [2.05, 4.69) is 6.92 Å². The second-order valence-corrected chi connectivity index (χ2v) is 7.06. The molecule has 1 saturated carbocycles. The van der Waals surface area contributed by atoms with Crippen LogP contribution in [0.2, 0.25) is 0 Å². The first-order chi connectivity index (χ1) is 9.60. The SMILES string of the molecule is COc1ccc(C(N)CSC2CCCC(C)C2)cc1F. The van der Waals surface area contributed by atoms with Gasteiger partial charge in [-0.3, -0.25) is 0 Å². The van der Waals surface area contributed by atoms with Gasteiger partial charge in [0.15, 0.2) is 11.6 Å². The van der Waals surface area contributed by atoms with Gasteiger partial charge in [0, 0.05) is 17.0 Å². The maximum Gasteiger partial charge on any atom is 0.165 e. The van der Waals surface area contributed by atoms with Crippen molar-refractivity contribution in [2.75, 3.05) is 12.9 Å². The summed E-state index contributed by atoms with van der Waals surface area (Å²) in [7, 11) is 1.47. The molecule has 1 aromatic carbocycles. The molecule has 0 spiro atoms. The van der Waals surface area contributed by atoms with Crippen LogP contribution >= 0.6 is 11.8 Å². The number of halogens is 1. The molecule has 2 N–H and O–H groups in total. The molecule has 20 heavy (non-hydrogen) atoms. The van der Waals surface area contributed by atoms with Crippen molar-refractivity contribution >= 4 is 11.8 Å². The third-order valence-electron chi connectivity index (χ3n) is 4.00. The van der Waals surface area contributed by atoms with E-state index in [0.717, 1.165) is 17.2 Å². The lowest BCUT2D eigenvalue weighted by Crippen LogP contribution is -2.19. The van der Waals surface area contributed by atoms with E-state index in [4.69, 9.17) is 10.5 Å². The van der Waals surface area contributed by atoms with Gasteiger partial charge in [-0.05, 0) is 36.5 Å². The minimum atomic E-state index is -0.336. The van der Waals surface area contributed by atoms with Crippen molar-refractivity contribution in [3.05, 3.63) is 29.6 Å². The lowest BCUT2D eigenvalue weighted by molar-refractivity contribution is 0.386. The summed E-state index contributed by atoms with van der Waals surface area (Å²) in [4.78, 5) is 0. The molecule has 1 aliphatic rings. The van der Waals surface area contributed by atoms with Crippen molar-refractivity contribution in [1.82, 2.24) is 0 Å². The van der Waals surface area contributed by atoms with Crippen LogP contribution in [0.3, 0.4) is 0 Å². The fourth-order valence-electron chi connectivity index (χ4n) is 2.78. The lowest BCUT2D eigenvalue weighted by Gasteiger charge is -2.27. The second-order valence-electron chi connectivity index (χ2n) is 5.73. The maximum absolute atomic E-state index is 13.7. The first-order valence-electron chi connectivity index (χ1n) is 7.30. The standard InChI is InChI=1S/C16H24FNOS/c1-11-4-3-5-13(8-11)20-10-15(18)12-6-7-16(19-2)14(17)9-12/h6-7,9,11,13,15H,3-5,8,10,18H2,1-2H3. The van der Waals surface area contributed by atoms with Crippen molar-refractivity contribution in [2.45, 2.75) is 43.9 Å². The van der Waals surface area contributed by atoms with Crippen LogP contribution < -0.4 is 10.5 Å². The average Bonchev–Trinajstić information content (AvgIpc) is 2.44. The van der Waals surface area contributed by atoms with Gasteiger partial charge < -0.3 is 10.5 Å². The molecule has 0 aliphatic heterocycles. The number of thioether (sulfide) groups is 1. The monoisotopic (exact) mass is 297 g/mol. The van der Waals surface area contributed by atoms with E-state index in [1.807, 2.05) is 17.8 Å². The molecule has 1 aliphatic carbocycles. The fraction of sp³-hybridized carbons (Fsp3) is 0.625. The summed E-state index contributed by atoms with van der Waals surface area (Å²) in [5, 5.41) is 0.716. The Bertz CT molecular complexity index is 440. The highest BCUT2D eigenvalue weighted by Gasteiger charge is 2.20. The third kappa shape index (κ3) is 4.13. The molecular formula is C16H24FNOS. The molecule has 0 radical (unpaired) electrons. The van der Waals surface area contributed by atoms with Gasteiger partial charge in [0.1, 0.15) is 0 Å². The molecule has 3 unspecified atom stereocenters. The Kier molecular flexibility index (Phi) is 5.73. The number of nitrogens with two attached hydrogens (primary N) is 1. The first kappa shape index (κ1) is 15.6. The summed E-state index contributed by atoms with van der Waals surface area (Å²) in [5.74, 6) is 1.62. The molecule has 2 nitrogen and oxygen atoms in total. The summed E-state index contributed by atoms with van der Waals surface area (Å²) >= 11 is 1.94. The predicted octanol–water partition coefficient (Wildman–Crippen LogP) is 4.15. The zero-order valence-electron chi connectivity index (χ0n) is 12.3. The van der Waals surface area contributed by atoms with E-state index < -0.39 is 0 Å². The minimum Gasteiger partial charge on any atom is -0.494 e. The van der Waals surface area contributed by atoms with Crippen molar-refractivity contribution in [2.24, 2.45) is 11.7 Å². The van der Waals surface area contributed by atoms with Gasteiger partial charge in [0.25, 0.3) is 0 Å².